The molecule has 2 heterocycles. The lowest BCUT2D eigenvalue weighted by Gasteiger charge is -2.38. The van der Waals surface area contributed by atoms with Crippen molar-refractivity contribution in [2.24, 2.45) is 0 Å². The molecule has 1 atom stereocenters. The highest BCUT2D eigenvalue weighted by Gasteiger charge is 2.33. The number of para-hydroxylation sites is 1. The number of piperazine rings is 1. The molecule has 1 aliphatic heterocycles. The van der Waals surface area contributed by atoms with Gasteiger partial charge in [-0.1, -0.05) is 42.5 Å². The van der Waals surface area contributed by atoms with E-state index in [-0.39, 0.29) is 11.9 Å². The van der Waals surface area contributed by atoms with E-state index in [0.29, 0.717) is 6.04 Å². The molecule has 1 unspecified atom stereocenters. The van der Waals surface area contributed by atoms with Gasteiger partial charge in [-0.15, -0.1) is 11.3 Å². The Bertz CT molecular complexity index is 944. The van der Waals surface area contributed by atoms with Crippen molar-refractivity contribution in [1.82, 2.24) is 20.1 Å². The normalized spacial score (nSPS) is 19.3. The fourth-order valence-corrected chi connectivity index (χ4v) is 5.04. The van der Waals surface area contributed by atoms with E-state index in [0.717, 1.165) is 56.6 Å². The first-order chi connectivity index (χ1) is 14.3. The van der Waals surface area contributed by atoms with Crippen molar-refractivity contribution in [2.75, 3.05) is 26.2 Å². The van der Waals surface area contributed by atoms with Crippen LogP contribution >= 0.6 is 11.3 Å². The molecule has 6 heteroatoms. The number of amides is 1. The topological polar surface area (TPSA) is 48.5 Å². The van der Waals surface area contributed by atoms with E-state index >= 15 is 0 Å². The molecule has 5 rings (SSSR count). The van der Waals surface area contributed by atoms with Crippen molar-refractivity contribution >= 4 is 27.5 Å². The number of carbonyl (C=O) groups excluding carboxylic acids is 1. The molecule has 1 aromatic heterocycles. The summed E-state index contributed by atoms with van der Waals surface area (Å²) in [5.74, 6) is 0.151. The summed E-state index contributed by atoms with van der Waals surface area (Å²) in [7, 11) is 0. The molecule has 0 spiro atoms. The van der Waals surface area contributed by atoms with E-state index in [4.69, 9.17) is 4.98 Å². The van der Waals surface area contributed by atoms with Gasteiger partial charge in [0.15, 0.2) is 0 Å². The summed E-state index contributed by atoms with van der Waals surface area (Å²) in [6.07, 6.45) is 2.23. The predicted octanol–water partition coefficient (Wildman–Crippen LogP) is 3.43. The minimum absolute atomic E-state index is 0.151. The SMILES string of the molecule is O=C(NC1CC1)C(c1ccccc1)N1CCN(Cc2nc3ccccc3s2)CC1. The fraction of sp³-hybridized carbons (Fsp3) is 0.391. The van der Waals surface area contributed by atoms with Gasteiger partial charge in [-0.2, -0.15) is 0 Å². The minimum atomic E-state index is -0.193. The van der Waals surface area contributed by atoms with Crippen LogP contribution in [0.5, 0.6) is 0 Å². The van der Waals surface area contributed by atoms with Crippen molar-refractivity contribution in [3.8, 4) is 0 Å². The third kappa shape index (κ3) is 4.34. The number of hydrogen-bond donors (Lipinski definition) is 1. The van der Waals surface area contributed by atoms with Crippen LogP contribution in [-0.4, -0.2) is 52.9 Å². The number of aromatic nitrogens is 1. The van der Waals surface area contributed by atoms with Gasteiger partial charge in [0, 0.05) is 32.2 Å². The first-order valence-corrected chi connectivity index (χ1v) is 11.2. The number of nitrogens with zero attached hydrogens (tertiary/aromatic N) is 3. The first kappa shape index (κ1) is 18.7. The van der Waals surface area contributed by atoms with E-state index in [1.165, 1.54) is 9.71 Å². The maximum Gasteiger partial charge on any atom is 0.242 e. The summed E-state index contributed by atoms with van der Waals surface area (Å²) in [5, 5.41) is 4.39. The molecule has 3 aromatic rings. The van der Waals surface area contributed by atoms with Crippen LogP contribution in [0.4, 0.5) is 0 Å². The second-order valence-electron chi connectivity index (χ2n) is 7.98. The zero-order valence-corrected chi connectivity index (χ0v) is 17.3. The van der Waals surface area contributed by atoms with E-state index in [9.17, 15) is 4.79 Å². The Morgan fingerprint density at radius 2 is 1.76 bits per heavy atom. The summed E-state index contributed by atoms with van der Waals surface area (Å²) in [6, 6.07) is 18.7. The minimum Gasteiger partial charge on any atom is -0.352 e. The lowest BCUT2D eigenvalue weighted by molar-refractivity contribution is -0.127. The van der Waals surface area contributed by atoms with Crippen LogP contribution in [0.1, 0.15) is 29.5 Å². The van der Waals surface area contributed by atoms with Crippen LogP contribution in [0.25, 0.3) is 10.2 Å². The number of rotatable bonds is 6. The second kappa shape index (κ2) is 8.22. The largest absolute Gasteiger partial charge is 0.352 e. The van der Waals surface area contributed by atoms with E-state index in [1.807, 2.05) is 24.3 Å². The Kier molecular flexibility index (Phi) is 5.31. The Morgan fingerprint density at radius 3 is 2.48 bits per heavy atom. The molecule has 150 valence electrons. The van der Waals surface area contributed by atoms with Crippen molar-refractivity contribution in [1.29, 1.82) is 0 Å². The second-order valence-corrected chi connectivity index (χ2v) is 9.10. The van der Waals surface area contributed by atoms with Gasteiger partial charge in [-0.05, 0) is 30.5 Å². The average Bonchev–Trinajstić information content (AvgIpc) is 3.46. The van der Waals surface area contributed by atoms with E-state index in [1.54, 1.807) is 11.3 Å². The Labute approximate surface area is 175 Å². The van der Waals surface area contributed by atoms with Gasteiger partial charge in [-0.25, -0.2) is 4.98 Å². The van der Waals surface area contributed by atoms with Crippen LogP contribution in [0.15, 0.2) is 54.6 Å². The van der Waals surface area contributed by atoms with Gasteiger partial charge >= 0.3 is 0 Å². The molecule has 2 aliphatic rings. The number of hydrogen-bond acceptors (Lipinski definition) is 5. The number of thiazole rings is 1. The summed E-state index contributed by atoms with van der Waals surface area (Å²) in [5.41, 5.74) is 2.18. The van der Waals surface area contributed by atoms with Crippen molar-refractivity contribution in [3.63, 3.8) is 0 Å². The van der Waals surface area contributed by atoms with Crippen LogP contribution < -0.4 is 5.32 Å². The molecular weight excluding hydrogens is 380 g/mol. The molecule has 1 saturated heterocycles. The highest BCUT2D eigenvalue weighted by Crippen LogP contribution is 2.27. The molecule has 1 N–H and O–H groups in total. The van der Waals surface area contributed by atoms with Crippen LogP contribution in [-0.2, 0) is 11.3 Å². The zero-order valence-electron chi connectivity index (χ0n) is 16.5. The van der Waals surface area contributed by atoms with Gasteiger partial charge in [-0.3, -0.25) is 14.6 Å². The zero-order chi connectivity index (χ0) is 19.6. The molecule has 0 radical (unpaired) electrons. The van der Waals surface area contributed by atoms with E-state index < -0.39 is 0 Å². The van der Waals surface area contributed by atoms with Crippen molar-refractivity contribution in [3.05, 3.63) is 65.2 Å². The summed E-state index contributed by atoms with van der Waals surface area (Å²) >= 11 is 1.78. The summed E-state index contributed by atoms with van der Waals surface area (Å²) in [4.78, 5) is 22.6. The molecule has 2 fully saturated rings. The van der Waals surface area contributed by atoms with Crippen LogP contribution in [0, 0.1) is 0 Å². The Morgan fingerprint density at radius 1 is 1.03 bits per heavy atom. The lowest BCUT2D eigenvalue weighted by atomic mass is 10.0. The quantitative estimate of drug-likeness (QED) is 0.681. The maximum absolute atomic E-state index is 13.0. The predicted molar refractivity (Wildman–Crippen MR) is 117 cm³/mol. The smallest absolute Gasteiger partial charge is 0.242 e. The monoisotopic (exact) mass is 406 g/mol. The number of nitrogens with one attached hydrogen (secondary N) is 1. The molecule has 1 saturated carbocycles. The Hall–Kier alpha value is -2.28. The highest BCUT2D eigenvalue weighted by atomic mass is 32.1. The van der Waals surface area contributed by atoms with Gasteiger partial charge < -0.3 is 5.32 Å². The van der Waals surface area contributed by atoms with Gasteiger partial charge in [0.2, 0.25) is 5.91 Å². The number of carbonyl (C=O) groups is 1. The fourth-order valence-electron chi connectivity index (χ4n) is 4.03. The molecule has 1 amide bonds. The Balaban J connectivity index is 1.25. The lowest BCUT2D eigenvalue weighted by Crippen LogP contribution is -2.50. The van der Waals surface area contributed by atoms with Crippen LogP contribution in [0.3, 0.4) is 0 Å². The molecule has 5 nitrogen and oxygen atoms in total. The third-order valence-corrected chi connectivity index (χ3v) is 6.78. The molecule has 1 aliphatic carbocycles. The molecule has 0 bridgehead atoms. The highest BCUT2D eigenvalue weighted by molar-refractivity contribution is 7.18. The average molecular weight is 407 g/mol. The van der Waals surface area contributed by atoms with Gasteiger partial charge in [0.05, 0.1) is 16.8 Å². The first-order valence-electron chi connectivity index (χ1n) is 10.4. The standard InChI is InChI=1S/C23H26N4OS/c28-23(24-18-10-11-18)22(17-6-2-1-3-7-17)27-14-12-26(13-15-27)16-21-25-19-8-4-5-9-20(19)29-21/h1-9,18,22H,10-16H2,(H,24,28). The maximum atomic E-state index is 13.0. The van der Waals surface area contributed by atoms with Crippen molar-refractivity contribution in [2.45, 2.75) is 31.5 Å². The van der Waals surface area contributed by atoms with Gasteiger partial charge in [0.1, 0.15) is 11.0 Å². The van der Waals surface area contributed by atoms with E-state index in [2.05, 4.69) is 45.4 Å². The van der Waals surface area contributed by atoms with Crippen molar-refractivity contribution < 1.29 is 4.79 Å². The number of benzene rings is 2. The molecule has 29 heavy (non-hydrogen) atoms. The summed E-state index contributed by atoms with van der Waals surface area (Å²) < 4.78 is 1.25. The molecule has 2 aromatic carbocycles. The van der Waals surface area contributed by atoms with Crippen LogP contribution in [0.2, 0.25) is 0 Å². The third-order valence-electron chi connectivity index (χ3n) is 5.76. The van der Waals surface area contributed by atoms with Gasteiger partial charge in [0.25, 0.3) is 0 Å². The number of fused-ring (bicyclic) bond motifs is 1. The summed E-state index contributed by atoms with van der Waals surface area (Å²) in [6.45, 7) is 4.58. The molecular formula is C23H26N4OS.